The number of rotatable bonds is 4. The van der Waals surface area contributed by atoms with E-state index in [0.29, 0.717) is 29.8 Å². The van der Waals surface area contributed by atoms with E-state index in [9.17, 15) is 20.1 Å². The van der Waals surface area contributed by atoms with E-state index in [1.54, 1.807) is 0 Å². The lowest BCUT2D eigenvalue weighted by Gasteiger charge is -2.40. The van der Waals surface area contributed by atoms with E-state index in [1.165, 1.54) is 6.07 Å². The molecule has 0 saturated carbocycles. The molecule has 0 spiro atoms. The molecule has 0 unspecified atom stereocenters. The SMILES string of the molecule is C[C@]1(CCc2ccc(N)cc2)Oc2cc3oc(CO)cc(=O)c3c(O)c2C[C@H]1O. The summed E-state index contributed by atoms with van der Waals surface area (Å²) in [4.78, 5) is 12.3. The summed E-state index contributed by atoms with van der Waals surface area (Å²) < 4.78 is 11.6. The highest BCUT2D eigenvalue weighted by Crippen LogP contribution is 2.43. The molecule has 2 atom stereocenters. The molecular formula is C22H23NO6. The number of phenols is 1. The van der Waals surface area contributed by atoms with Gasteiger partial charge in [-0.05, 0) is 37.5 Å². The third-order valence-electron chi connectivity index (χ3n) is 5.60. The highest BCUT2D eigenvalue weighted by Gasteiger charge is 2.41. The van der Waals surface area contributed by atoms with Crippen LogP contribution in [-0.2, 0) is 19.4 Å². The summed E-state index contributed by atoms with van der Waals surface area (Å²) in [5.74, 6) is 0.206. The van der Waals surface area contributed by atoms with Gasteiger partial charge in [0, 0.05) is 29.8 Å². The molecule has 29 heavy (non-hydrogen) atoms. The van der Waals surface area contributed by atoms with E-state index in [0.717, 1.165) is 11.6 Å². The second-order valence-electron chi connectivity index (χ2n) is 7.69. The number of hydrogen-bond donors (Lipinski definition) is 4. The summed E-state index contributed by atoms with van der Waals surface area (Å²) in [5.41, 5.74) is 6.65. The van der Waals surface area contributed by atoms with Crippen LogP contribution in [-0.4, -0.2) is 27.0 Å². The number of phenolic OH excluding ortho intramolecular Hbond substituents is 1. The van der Waals surface area contributed by atoms with Crippen LogP contribution in [0.4, 0.5) is 5.69 Å². The van der Waals surface area contributed by atoms with Crippen molar-refractivity contribution in [3.05, 3.63) is 63.5 Å². The Hall–Kier alpha value is -3.03. The molecule has 1 aromatic heterocycles. The van der Waals surface area contributed by atoms with Crippen molar-refractivity contribution in [3.63, 3.8) is 0 Å². The number of nitrogens with two attached hydrogens (primary N) is 1. The first-order chi connectivity index (χ1) is 13.8. The monoisotopic (exact) mass is 397 g/mol. The summed E-state index contributed by atoms with van der Waals surface area (Å²) in [6, 6.07) is 10.2. The van der Waals surface area contributed by atoms with Crippen molar-refractivity contribution in [3.8, 4) is 11.5 Å². The van der Waals surface area contributed by atoms with Crippen LogP contribution < -0.4 is 15.9 Å². The molecule has 0 aliphatic carbocycles. The van der Waals surface area contributed by atoms with Gasteiger partial charge in [-0.2, -0.15) is 0 Å². The third-order valence-corrected chi connectivity index (χ3v) is 5.60. The minimum absolute atomic E-state index is 0.0160. The van der Waals surface area contributed by atoms with Crippen LogP contribution in [0.15, 0.2) is 45.6 Å². The van der Waals surface area contributed by atoms with Gasteiger partial charge in [0.15, 0.2) is 5.43 Å². The van der Waals surface area contributed by atoms with E-state index >= 15 is 0 Å². The minimum Gasteiger partial charge on any atom is -0.507 e. The predicted octanol–water partition coefficient (Wildman–Crippen LogP) is 2.26. The van der Waals surface area contributed by atoms with Gasteiger partial charge >= 0.3 is 0 Å². The van der Waals surface area contributed by atoms with Gasteiger partial charge < -0.3 is 30.2 Å². The summed E-state index contributed by atoms with van der Waals surface area (Å²) in [6.07, 6.45) is 0.496. The van der Waals surface area contributed by atoms with E-state index in [-0.39, 0.29) is 28.9 Å². The average molecular weight is 397 g/mol. The van der Waals surface area contributed by atoms with E-state index < -0.39 is 23.7 Å². The maximum atomic E-state index is 12.3. The van der Waals surface area contributed by atoms with E-state index in [4.69, 9.17) is 14.9 Å². The van der Waals surface area contributed by atoms with Crippen LogP contribution in [0.5, 0.6) is 11.5 Å². The Bertz CT molecular complexity index is 1120. The molecular weight excluding hydrogens is 374 g/mol. The second-order valence-corrected chi connectivity index (χ2v) is 7.69. The summed E-state index contributed by atoms with van der Waals surface area (Å²) >= 11 is 0. The van der Waals surface area contributed by atoms with Gasteiger partial charge in [-0.15, -0.1) is 0 Å². The number of aliphatic hydroxyl groups excluding tert-OH is 2. The Morgan fingerprint density at radius 1 is 1.24 bits per heavy atom. The van der Waals surface area contributed by atoms with Crippen molar-refractivity contribution in [2.75, 3.05) is 5.73 Å². The molecule has 1 aliphatic heterocycles. The molecule has 0 radical (unpaired) electrons. The number of nitrogen functional groups attached to an aromatic ring is 1. The molecule has 0 bridgehead atoms. The summed E-state index contributed by atoms with van der Waals surface area (Å²) in [6.45, 7) is 1.39. The van der Waals surface area contributed by atoms with Gasteiger partial charge in [0.2, 0.25) is 0 Å². The molecule has 3 aromatic rings. The van der Waals surface area contributed by atoms with Crippen molar-refractivity contribution < 1.29 is 24.5 Å². The lowest BCUT2D eigenvalue weighted by molar-refractivity contribution is -0.0595. The number of aliphatic hydroxyl groups is 2. The molecule has 7 heteroatoms. The second kappa shape index (κ2) is 7.09. The average Bonchev–Trinajstić information content (AvgIpc) is 2.69. The van der Waals surface area contributed by atoms with Crippen molar-refractivity contribution in [2.45, 2.75) is 44.5 Å². The molecule has 2 aromatic carbocycles. The van der Waals surface area contributed by atoms with Gasteiger partial charge in [0.1, 0.15) is 40.4 Å². The zero-order chi connectivity index (χ0) is 20.8. The van der Waals surface area contributed by atoms with Crippen LogP contribution in [0, 0.1) is 0 Å². The van der Waals surface area contributed by atoms with Crippen LogP contribution >= 0.6 is 0 Å². The lowest BCUT2D eigenvalue weighted by atomic mass is 9.84. The van der Waals surface area contributed by atoms with E-state index in [1.807, 2.05) is 31.2 Å². The fourth-order valence-electron chi connectivity index (χ4n) is 3.76. The van der Waals surface area contributed by atoms with Crippen LogP contribution in [0.25, 0.3) is 11.0 Å². The normalized spacial score (nSPS) is 21.0. The van der Waals surface area contributed by atoms with Gasteiger partial charge in [-0.1, -0.05) is 12.1 Å². The molecule has 0 amide bonds. The standard InChI is InChI=1S/C22H23NO6/c1-22(7-6-12-2-4-13(23)5-3-12)19(26)9-15-17(29-22)10-18-20(21(15)27)16(25)8-14(11-24)28-18/h2-5,8,10,19,24,26-27H,6-7,9,11,23H2,1H3/t19-,22-/m1/s1. The third kappa shape index (κ3) is 3.43. The van der Waals surface area contributed by atoms with Gasteiger partial charge in [-0.25, -0.2) is 0 Å². The molecule has 0 saturated heterocycles. The van der Waals surface area contributed by atoms with Gasteiger partial charge in [0.25, 0.3) is 0 Å². The maximum Gasteiger partial charge on any atom is 0.196 e. The van der Waals surface area contributed by atoms with Crippen molar-refractivity contribution in [2.24, 2.45) is 0 Å². The fourth-order valence-corrected chi connectivity index (χ4v) is 3.76. The highest BCUT2D eigenvalue weighted by molar-refractivity contribution is 5.87. The smallest absolute Gasteiger partial charge is 0.196 e. The summed E-state index contributed by atoms with van der Waals surface area (Å²) in [5, 5.41) is 30.7. The van der Waals surface area contributed by atoms with Crippen LogP contribution in [0.3, 0.4) is 0 Å². The molecule has 5 N–H and O–H groups in total. The number of aromatic hydroxyl groups is 1. The Morgan fingerprint density at radius 3 is 2.66 bits per heavy atom. The zero-order valence-electron chi connectivity index (χ0n) is 16.0. The number of fused-ring (bicyclic) bond motifs is 2. The highest BCUT2D eigenvalue weighted by atomic mass is 16.5. The summed E-state index contributed by atoms with van der Waals surface area (Å²) in [7, 11) is 0. The molecule has 2 heterocycles. The van der Waals surface area contributed by atoms with Crippen molar-refractivity contribution >= 4 is 16.7 Å². The van der Waals surface area contributed by atoms with Crippen molar-refractivity contribution in [1.29, 1.82) is 0 Å². The van der Waals surface area contributed by atoms with Crippen LogP contribution in [0.2, 0.25) is 0 Å². The molecule has 4 rings (SSSR count). The van der Waals surface area contributed by atoms with Crippen LogP contribution in [0.1, 0.15) is 30.2 Å². The Kier molecular flexibility index (Phi) is 4.72. The minimum atomic E-state index is -0.886. The molecule has 7 nitrogen and oxygen atoms in total. The zero-order valence-corrected chi connectivity index (χ0v) is 16.0. The Balaban J connectivity index is 1.69. The van der Waals surface area contributed by atoms with Gasteiger partial charge in [-0.3, -0.25) is 4.79 Å². The number of anilines is 1. The number of hydrogen-bond acceptors (Lipinski definition) is 7. The quantitative estimate of drug-likeness (QED) is 0.498. The van der Waals surface area contributed by atoms with E-state index in [2.05, 4.69) is 0 Å². The molecule has 1 aliphatic rings. The Labute approximate surface area is 167 Å². The van der Waals surface area contributed by atoms with Crippen molar-refractivity contribution in [1.82, 2.24) is 0 Å². The number of ether oxygens (including phenoxy) is 1. The lowest BCUT2D eigenvalue weighted by Crippen LogP contribution is -2.49. The molecule has 0 fully saturated rings. The first-order valence-electron chi connectivity index (χ1n) is 9.44. The molecule has 152 valence electrons. The number of aryl methyl sites for hydroxylation is 1. The van der Waals surface area contributed by atoms with Gasteiger partial charge in [0.05, 0.1) is 6.10 Å². The number of benzene rings is 2. The largest absolute Gasteiger partial charge is 0.507 e. The Morgan fingerprint density at radius 2 is 1.97 bits per heavy atom. The maximum absolute atomic E-state index is 12.3. The first-order valence-corrected chi connectivity index (χ1v) is 9.44. The predicted molar refractivity (Wildman–Crippen MR) is 108 cm³/mol. The topological polar surface area (TPSA) is 126 Å². The fraction of sp³-hybridized carbons (Fsp3) is 0.318. The first kappa shape index (κ1) is 19.3.